The Morgan fingerprint density at radius 3 is 2.37 bits per heavy atom. The van der Waals surface area contributed by atoms with Crippen LogP contribution >= 0.6 is 15.9 Å². The fraction of sp³-hybridized carbons (Fsp3) is 0.222. The monoisotopic (exact) mass is 312 g/mol. The Kier molecular flexibility index (Phi) is 3.10. The highest BCUT2D eigenvalue weighted by Gasteiger charge is 2.16. The minimum atomic E-state index is 1.06. The first-order valence-corrected chi connectivity index (χ1v) is 7.43. The van der Waals surface area contributed by atoms with Gasteiger partial charge in [0.25, 0.3) is 0 Å². The van der Waals surface area contributed by atoms with Crippen molar-refractivity contribution < 1.29 is 0 Å². The summed E-state index contributed by atoms with van der Waals surface area (Å²) in [6.07, 6.45) is 5.51. The highest BCUT2D eigenvalue weighted by Crippen LogP contribution is 2.39. The van der Waals surface area contributed by atoms with Crippen molar-refractivity contribution in [3.05, 3.63) is 62.6 Å². The summed E-state index contributed by atoms with van der Waals surface area (Å²) in [5.74, 6) is 0. The number of aryl methyl sites for hydroxylation is 3. The molecule has 0 aliphatic heterocycles. The van der Waals surface area contributed by atoms with Crippen molar-refractivity contribution in [1.82, 2.24) is 0 Å². The minimum absolute atomic E-state index is 1.06. The van der Waals surface area contributed by atoms with E-state index in [1.165, 1.54) is 43.4 Å². The van der Waals surface area contributed by atoms with Gasteiger partial charge in [0.05, 0.1) is 0 Å². The van der Waals surface area contributed by atoms with Gasteiger partial charge in [-0.3, -0.25) is 0 Å². The molecular weight excluding hydrogens is 296 g/mol. The molecule has 1 aliphatic rings. The number of benzene rings is 2. The number of hydrogen-bond donors (Lipinski definition) is 0. The van der Waals surface area contributed by atoms with Crippen molar-refractivity contribution in [3.8, 4) is 11.1 Å². The van der Waals surface area contributed by atoms with Crippen LogP contribution in [0.15, 0.2) is 34.8 Å². The SMILES string of the molecule is Cc1cc(C)c(-c2ccc3c(c2Br)C=CC3)c(C)c1. The van der Waals surface area contributed by atoms with E-state index < -0.39 is 0 Å². The molecule has 96 valence electrons. The summed E-state index contributed by atoms with van der Waals surface area (Å²) in [6.45, 7) is 6.56. The molecule has 1 aliphatic carbocycles. The number of fused-ring (bicyclic) bond motifs is 1. The van der Waals surface area contributed by atoms with Crippen LogP contribution in [0.4, 0.5) is 0 Å². The van der Waals surface area contributed by atoms with E-state index >= 15 is 0 Å². The predicted molar refractivity (Wildman–Crippen MR) is 86.5 cm³/mol. The third-order valence-corrected chi connectivity index (χ3v) is 4.69. The summed E-state index contributed by atoms with van der Waals surface area (Å²) in [5.41, 5.74) is 9.45. The van der Waals surface area contributed by atoms with E-state index in [1.807, 2.05) is 0 Å². The molecule has 3 rings (SSSR count). The van der Waals surface area contributed by atoms with E-state index in [0.29, 0.717) is 0 Å². The quantitative estimate of drug-likeness (QED) is 0.642. The van der Waals surface area contributed by atoms with Crippen LogP contribution in [0.5, 0.6) is 0 Å². The highest BCUT2D eigenvalue weighted by atomic mass is 79.9. The minimum Gasteiger partial charge on any atom is -0.0795 e. The fourth-order valence-electron chi connectivity index (χ4n) is 3.09. The van der Waals surface area contributed by atoms with Crippen LogP contribution in [0, 0.1) is 20.8 Å². The van der Waals surface area contributed by atoms with Crippen LogP contribution in [0.25, 0.3) is 17.2 Å². The molecular formula is C18H17Br. The van der Waals surface area contributed by atoms with Crippen molar-refractivity contribution in [3.63, 3.8) is 0 Å². The Balaban J connectivity index is 2.27. The van der Waals surface area contributed by atoms with Gasteiger partial charge in [0, 0.05) is 4.47 Å². The second kappa shape index (κ2) is 4.64. The molecule has 0 saturated heterocycles. The van der Waals surface area contributed by atoms with Gasteiger partial charge in [-0.2, -0.15) is 0 Å². The van der Waals surface area contributed by atoms with Crippen molar-refractivity contribution in [1.29, 1.82) is 0 Å². The molecule has 0 nitrogen and oxygen atoms in total. The van der Waals surface area contributed by atoms with E-state index in [2.05, 4.69) is 73.1 Å². The summed E-state index contributed by atoms with van der Waals surface area (Å²) in [6, 6.07) is 9.03. The maximum atomic E-state index is 3.80. The van der Waals surface area contributed by atoms with Crippen LogP contribution in [-0.2, 0) is 6.42 Å². The molecule has 2 aromatic rings. The lowest BCUT2D eigenvalue weighted by Crippen LogP contribution is -1.93. The first kappa shape index (κ1) is 12.7. The van der Waals surface area contributed by atoms with Gasteiger partial charge in [-0.25, -0.2) is 0 Å². The lowest BCUT2D eigenvalue weighted by Gasteiger charge is -2.15. The molecule has 0 radical (unpaired) electrons. The van der Waals surface area contributed by atoms with Gasteiger partial charge < -0.3 is 0 Å². The average Bonchev–Trinajstić information content (AvgIpc) is 2.79. The van der Waals surface area contributed by atoms with Gasteiger partial charge in [0.15, 0.2) is 0 Å². The van der Waals surface area contributed by atoms with E-state index in [4.69, 9.17) is 0 Å². The normalized spacial score (nSPS) is 12.8. The summed E-state index contributed by atoms with van der Waals surface area (Å²) in [4.78, 5) is 0. The van der Waals surface area contributed by atoms with E-state index in [1.54, 1.807) is 0 Å². The molecule has 0 atom stereocenters. The molecule has 2 aromatic carbocycles. The summed E-state index contributed by atoms with van der Waals surface area (Å²) < 4.78 is 1.23. The Bertz CT molecular complexity index is 670. The largest absolute Gasteiger partial charge is 0.0795 e. The molecule has 0 N–H and O–H groups in total. The van der Waals surface area contributed by atoms with E-state index in [9.17, 15) is 0 Å². The predicted octanol–water partition coefficient (Wildman–Crippen LogP) is 5.61. The van der Waals surface area contributed by atoms with Crippen LogP contribution < -0.4 is 0 Å². The van der Waals surface area contributed by atoms with E-state index in [0.717, 1.165) is 6.42 Å². The Hall–Kier alpha value is -1.34. The van der Waals surface area contributed by atoms with Crippen LogP contribution in [0.2, 0.25) is 0 Å². The lowest BCUT2D eigenvalue weighted by atomic mass is 9.92. The van der Waals surface area contributed by atoms with Gasteiger partial charge in [-0.1, -0.05) is 42.0 Å². The Morgan fingerprint density at radius 1 is 1.00 bits per heavy atom. The van der Waals surface area contributed by atoms with Crippen molar-refractivity contribution in [2.75, 3.05) is 0 Å². The zero-order valence-electron chi connectivity index (χ0n) is 11.5. The summed E-state index contributed by atoms with van der Waals surface area (Å²) in [5, 5.41) is 0. The molecule has 0 heterocycles. The van der Waals surface area contributed by atoms with Crippen molar-refractivity contribution >= 4 is 22.0 Å². The van der Waals surface area contributed by atoms with Crippen LogP contribution in [-0.4, -0.2) is 0 Å². The number of rotatable bonds is 1. The third-order valence-electron chi connectivity index (χ3n) is 3.84. The molecule has 19 heavy (non-hydrogen) atoms. The van der Waals surface area contributed by atoms with Gasteiger partial charge >= 0.3 is 0 Å². The second-order valence-electron chi connectivity index (χ2n) is 5.38. The molecule has 0 saturated carbocycles. The first-order valence-electron chi connectivity index (χ1n) is 6.64. The number of hydrogen-bond acceptors (Lipinski definition) is 0. The second-order valence-corrected chi connectivity index (χ2v) is 6.17. The number of halogens is 1. The fourth-order valence-corrected chi connectivity index (χ4v) is 3.81. The van der Waals surface area contributed by atoms with Gasteiger partial charge in [-0.05, 0) is 76.5 Å². The Labute approximate surface area is 123 Å². The van der Waals surface area contributed by atoms with Crippen LogP contribution in [0.3, 0.4) is 0 Å². The summed E-state index contributed by atoms with van der Waals surface area (Å²) >= 11 is 3.80. The van der Waals surface area contributed by atoms with Crippen LogP contribution in [0.1, 0.15) is 27.8 Å². The summed E-state index contributed by atoms with van der Waals surface area (Å²) in [7, 11) is 0. The van der Waals surface area contributed by atoms with Gasteiger partial charge in [0.2, 0.25) is 0 Å². The molecule has 0 amide bonds. The molecule has 0 aromatic heterocycles. The maximum Gasteiger partial charge on any atom is 0.0329 e. The maximum absolute atomic E-state index is 3.80. The molecule has 0 bridgehead atoms. The van der Waals surface area contributed by atoms with Gasteiger partial charge in [-0.15, -0.1) is 0 Å². The zero-order valence-corrected chi connectivity index (χ0v) is 13.1. The Morgan fingerprint density at radius 2 is 1.68 bits per heavy atom. The molecule has 0 unspecified atom stereocenters. The standard InChI is InChI=1S/C18H17Br/c1-11-9-12(2)17(13(3)10-11)16-8-7-14-5-4-6-15(14)18(16)19/h4,6-10H,5H2,1-3H3. The van der Waals surface area contributed by atoms with E-state index in [-0.39, 0.29) is 0 Å². The lowest BCUT2D eigenvalue weighted by molar-refractivity contribution is 1.28. The molecule has 0 fully saturated rings. The molecule has 0 spiro atoms. The third kappa shape index (κ3) is 2.06. The highest BCUT2D eigenvalue weighted by molar-refractivity contribution is 9.10. The average molecular weight is 313 g/mol. The van der Waals surface area contributed by atoms with Crippen molar-refractivity contribution in [2.24, 2.45) is 0 Å². The van der Waals surface area contributed by atoms with Crippen molar-refractivity contribution in [2.45, 2.75) is 27.2 Å². The van der Waals surface area contributed by atoms with Gasteiger partial charge in [0.1, 0.15) is 0 Å². The zero-order chi connectivity index (χ0) is 13.6. The smallest absolute Gasteiger partial charge is 0.0329 e. The topological polar surface area (TPSA) is 0 Å². The number of allylic oxidation sites excluding steroid dienone is 1. The molecule has 1 heteroatoms. The first-order chi connectivity index (χ1) is 9.08.